The van der Waals surface area contributed by atoms with Crippen molar-refractivity contribution in [1.82, 2.24) is 0 Å². The zero-order valence-corrected chi connectivity index (χ0v) is 23.4. The predicted molar refractivity (Wildman–Crippen MR) is 165 cm³/mol. The van der Waals surface area contributed by atoms with Crippen LogP contribution in [0.25, 0.3) is 11.1 Å². The van der Waals surface area contributed by atoms with E-state index in [1.165, 1.54) is 0 Å². The van der Waals surface area contributed by atoms with Crippen LogP contribution in [0, 0.1) is 11.7 Å². The van der Waals surface area contributed by atoms with E-state index in [4.69, 9.17) is 0 Å². The Morgan fingerprint density at radius 3 is 2.05 bits per heavy atom. The molecule has 0 amide bonds. The van der Waals surface area contributed by atoms with Crippen molar-refractivity contribution in [2.24, 2.45) is 5.92 Å². The van der Waals surface area contributed by atoms with Gasteiger partial charge >= 0.3 is 0 Å². The maximum atomic E-state index is 15.1. The fourth-order valence-electron chi connectivity index (χ4n) is 8.09. The first-order chi connectivity index (χ1) is 20.0. The number of anilines is 1. The van der Waals surface area contributed by atoms with E-state index in [9.17, 15) is 0 Å². The Labute approximate surface area is 241 Å². The molecular formula is C38H34FNO. The Kier molecular flexibility index (Phi) is 6.27. The van der Waals surface area contributed by atoms with Gasteiger partial charge in [0.15, 0.2) is 5.78 Å². The van der Waals surface area contributed by atoms with Gasteiger partial charge in [-0.2, -0.15) is 0 Å². The van der Waals surface area contributed by atoms with Gasteiger partial charge in [-0.3, -0.25) is 4.79 Å². The lowest BCUT2D eigenvalue weighted by atomic mass is 9.51. The summed E-state index contributed by atoms with van der Waals surface area (Å²) in [7, 11) is 2.12. The van der Waals surface area contributed by atoms with Crippen molar-refractivity contribution in [3.05, 3.63) is 149 Å². The molecule has 0 bridgehead atoms. The van der Waals surface area contributed by atoms with Gasteiger partial charge in [0.25, 0.3) is 0 Å². The summed E-state index contributed by atoms with van der Waals surface area (Å²) in [6, 6.07) is 35.8. The summed E-state index contributed by atoms with van der Waals surface area (Å²) in [4.78, 5) is 17.3. The number of fused-ring (bicyclic) bond motifs is 3. The standard InChI is InChI=1S/C38H34FNO/c1-40-34-21-20-31(39)25-33(34)37(22-12-5-13-23-37)38(40)26-30(27-14-6-2-7-15-27)24-32(28-16-8-3-9-17-28)35(38)36(41)29-18-10-4-11-19-29/h2-4,6-11,14-21,24-26,35H,5,12-13,22-23H2,1H3/t35-,38-/m0/s1. The van der Waals surface area contributed by atoms with E-state index in [-0.39, 0.29) is 11.6 Å². The second-order valence-corrected chi connectivity index (χ2v) is 11.8. The molecule has 0 unspecified atom stereocenters. The number of hydrogen-bond donors (Lipinski definition) is 0. The maximum absolute atomic E-state index is 15.1. The van der Waals surface area contributed by atoms with Gasteiger partial charge in [-0.25, -0.2) is 4.39 Å². The summed E-state index contributed by atoms with van der Waals surface area (Å²) >= 11 is 0. The third kappa shape index (κ3) is 3.86. The normalized spacial score (nSPS) is 22.8. The van der Waals surface area contributed by atoms with Gasteiger partial charge in [0.1, 0.15) is 5.82 Å². The fourth-order valence-corrected chi connectivity index (χ4v) is 8.09. The summed E-state index contributed by atoms with van der Waals surface area (Å²) in [5, 5.41) is 0. The number of halogens is 1. The molecule has 2 nitrogen and oxygen atoms in total. The number of carbonyl (C=O) groups excluding carboxylic acids is 1. The number of hydrogen-bond acceptors (Lipinski definition) is 2. The summed E-state index contributed by atoms with van der Waals surface area (Å²) in [5.41, 5.74) is 5.93. The van der Waals surface area contributed by atoms with E-state index in [1.54, 1.807) is 12.1 Å². The zero-order valence-electron chi connectivity index (χ0n) is 23.4. The molecule has 204 valence electrons. The summed E-state index contributed by atoms with van der Waals surface area (Å²) in [6.07, 6.45) is 9.69. The largest absolute Gasteiger partial charge is 0.363 e. The lowest BCUT2D eigenvalue weighted by molar-refractivity contribution is 0.0841. The van der Waals surface area contributed by atoms with Gasteiger partial charge in [-0.1, -0.05) is 110 Å². The van der Waals surface area contributed by atoms with Crippen LogP contribution in [-0.2, 0) is 5.41 Å². The van der Waals surface area contributed by atoms with Crippen LogP contribution in [0.5, 0.6) is 0 Å². The topological polar surface area (TPSA) is 20.3 Å². The van der Waals surface area contributed by atoms with E-state index in [0.29, 0.717) is 5.56 Å². The van der Waals surface area contributed by atoms with E-state index >= 15 is 9.18 Å². The molecule has 0 aromatic heterocycles. The van der Waals surface area contributed by atoms with E-state index in [2.05, 4.69) is 60.5 Å². The second-order valence-electron chi connectivity index (χ2n) is 11.8. The van der Waals surface area contributed by atoms with Crippen LogP contribution in [0.15, 0.2) is 121 Å². The molecule has 0 saturated heterocycles. The first kappa shape index (κ1) is 25.7. The Morgan fingerprint density at radius 1 is 0.780 bits per heavy atom. The quantitative estimate of drug-likeness (QED) is 0.241. The molecule has 0 radical (unpaired) electrons. The first-order valence-corrected chi connectivity index (χ1v) is 14.7. The molecule has 4 aromatic rings. The minimum absolute atomic E-state index is 0.106. The molecule has 7 rings (SSSR count). The van der Waals surface area contributed by atoms with Crippen LogP contribution in [0.2, 0.25) is 0 Å². The number of ketones is 1. The molecular weight excluding hydrogens is 505 g/mol. The smallest absolute Gasteiger partial charge is 0.173 e. The lowest BCUT2D eigenvalue weighted by Gasteiger charge is -2.55. The fraction of sp³-hybridized carbons (Fsp3) is 0.237. The molecule has 1 aliphatic heterocycles. The molecule has 3 heteroatoms. The van der Waals surface area contributed by atoms with Crippen LogP contribution in [-0.4, -0.2) is 18.4 Å². The van der Waals surface area contributed by atoms with E-state index in [0.717, 1.165) is 65.6 Å². The third-order valence-corrected chi connectivity index (χ3v) is 9.84. The van der Waals surface area contributed by atoms with Crippen molar-refractivity contribution in [3.63, 3.8) is 0 Å². The van der Waals surface area contributed by atoms with Crippen molar-refractivity contribution < 1.29 is 9.18 Å². The summed E-state index contributed by atoms with van der Waals surface area (Å²) in [5.74, 6) is -0.598. The molecule has 3 aliphatic rings. The first-order valence-electron chi connectivity index (χ1n) is 14.7. The summed E-state index contributed by atoms with van der Waals surface area (Å²) in [6.45, 7) is 0. The highest BCUT2D eigenvalue weighted by Gasteiger charge is 2.66. The molecule has 4 aromatic carbocycles. The summed E-state index contributed by atoms with van der Waals surface area (Å²) < 4.78 is 15.1. The average Bonchev–Trinajstić information content (AvgIpc) is 3.21. The van der Waals surface area contributed by atoms with Gasteiger partial charge in [0.2, 0.25) is 0 Å². The van der Waals surface area contributed by atoms with Crippen molar-refractivity contribution in [1.29, 1.82) is 0 Å². The average molecular weight is 540 g/mol. The monoisotopic (exact) mass is 539 g/mol. The van der Waals surface area contributed by atoms with Gasteiger partial charge in [-0.15, -0.1) is 0 Å². The maximum Gasteiger partial charge on any atom is 0.173 e. The number of allylic oxidation sites excluding steroid dienone is 2. The van der Waals surface area contributed by atoms with Crippen molar-refractivity contribution >= 4 is 22.6 Å². The highest BCUT2D eigenvalue weighted by atomic mass is 19.1. The third-order valence-electron chi connectivity index (χ3n) is 9.84. The Balaban J connectivity index is 1.58. The number of rotatable bonds is 4. The number of likely N-dealkylation sites (N-methyl/N-ethyl adjacent to an activating group) is 1. The van der Waals surface area contributed by atoms with Crippen molar-refractivity contribution in [3.8, 4) is 0 Å². The van der Waals surface area contributed by atoms with Crippen LogP contribution >= 0.6 is 0 Å². The van der Waals surface area contributed by atoms with Gasteiger partial charge in [-0.05, 0) is 71.0 Å². The highest BCUT2D eigenvalue weighted by Crippen LogP contribution is 2.65. The van der Waals surface area contributed by atoms with Gasteiger partial charge in [0.05, 0.1) is 11.5 Å². The Hall–Kier alpha value is -4.24. The molecule has 1 saturated carbocycles. The van der Waals surface area contributed by atoms with Crippen molar-refractivity contribution in [2.45, 2.75) is 43.1 Å². The SMILES string of the molecule is CN1c2ccc(F)cc2C2(CCCCC2)[C@@]12C=C(c1ccccc1)C=C(c1ccccc1)[C@H]2C(=O)c1ccccc1. The predicted octanol–water partition coefficient (Wildman–Crippen LogP) is 8.90. The number of Topliss-reactive ketones (excluding diaryl/α,β-unsaturated/α-hetero) is 1. The van der Waals surface area contributed by atoms with Crippen LogP contribution in [0.3, 0.4) is 0 Å². The number of carbonyl (C=O) groups is 1. The molecule has 2 atom stereocenters. The molecule has 1 heterocycles. The Morgan fingerprint density at radius 2 is 1.39 bits per heavy atom. The lowest BCUT2D eigenvalue weighted by Crippen LogP contribution is -2.63. The van der Waals surface area contributed by atoms with E-state index < -0.39 is 16.9 Å². The Bertz CT molecular complexity index is 1650. The van der Waals surface area contributed by atoms with Crippen LogP contribution < -0.4 is 4.90 Å². The number of benzene rings is 4. The molecule has 1 fully saturated rings. The van der Waals surface area contributed by atoms with Gasteiger partial charge in [0, 0.05) is 23.7 Å². The highest BCUT2D eigenvalue weighted by molar-refractivity contribution is 6.10. The zero-order chi connectivity index (χ0) is 28.0. The van der Waals surface area contributed by atoms with Crippen LogP contribution in [0.1, 0.15) is 59.2 Å². The number of nitrogens with zero attached hydrogens (tertiary/aromatic N) is 1. The van der Waals surface area contributed by atoms with Gasteiger partial charge < -0.3 is 4.90 Å². The second kappa shape index (κ2) is 9.99. The molecule has 2 spiro atoms. The molecule has 2 aliphatic carbocycles. The molecule has 41 heavy (non-hydrogen) atoms. The van der Waals surface area contributed by atoms with Crippen LogP contribution in [0.4, 0.5) is 10.1 Å². The molecule has 0 N–H and O–H groups in total. The minimum atomic E-state index is -0.721. The minimum Gasteiger partial charge on any atom is -0.363 e. The van der Waals surface area contributed by atoms with Crippen molar-refractivity contribution in [2.75, 3.05) is 11.9 Å². The van der Waals surface area contributed by atoms with E-state index in [1.807, 2.05) is 60.7 Å².